The zero-order valence-corrected chi connectivity index (χ0v) is 20.5. The highest BCUT2D eigenvalue weighted by Crippen LogP contribution is 2.41. The predicted molar refractivity (Wildman–Crippen MR) is 123 cm³/mol. The summed E-state index contributed by atoms with van der Waals surface area (Å²) >= 11 is 3.55. The first-order valence-electron chi connectivity index (χ1n) is 9.29. The number of aromatic nitrogens is 1. The number of halogens is 2. The number of methoxy groups -OCH3 is 1. The van der Waals surface area contributed by atoms with Crippen molar-refractivity contribution in [1.82, 2.24) is 14.8 Å². The van der Waals surface area contributed by atoms with Crippen LogP contribution in [0.2, 0.25) is 0 Å². The first-order chi connectivity index (χ1) is 12.0. The molecule has 0 spiro atoms. The second-order valence-corrected chi connectivity index (χ2v) is 8.15. The Bertz CT molecular complexity index is 570. The van der Waals surface area contributed by atoms with E-state index in [2.05, 4.69) is 64.0 Å². The normalized spacial score (nSPS) is 16.4. The van der Waals surface area contributed by atoms with Crippen molar-refractivity contribution in [2.45, 2.75) is 45.6 Å². The Balaban J connectivity index is 0.00000338. The molecule has 0 amide bonds. The van der Waals surface area contributed by atoms with Crippen molar-refractivity contribution in [1.29, 1.82) is 0 Å². The molecule has 0 saturated heterocycles. The molecule has 0 atom stereocenters. The first kappa shape index (κ1) is 23.8. The highest BCUT2D eigenvalue weighted by molar-refractivity contribution is 14.0. The van der Waals surface area contributed by atoms with Gasteiger partial charge in [0.1, 0.15) is 0 Å². The minimum absolute atomic E-state index is 0. The van der Waals surface area contributed by atoms with E-state index in [-0.39, 0.29) is 24.0 Å². The number of nitrogens with one attached hydrogen (secondary N) is 1. The van der Waals surface area contributed by atoms with Crippen molar-refractivity contribution in [2.75, 3.05) is 33.9 Å². The average molecular weight is 541 g/mol. The third-order valence-electron chi connectivity index (χ3n) is 5.24. The lowest BCUT2D eigenvalue weighted by Gasteiger charge is -2.29. The minimum atomic E-state index is 0. The molecule has 7 heteroatoms. The van der Waals surface area contributed by atoms with Gasteiger partial charge in [0.15, 0.2) is 5.96 Å². The lowest BCUT2D eigenvalue weighted by Crippen LogP contribution is -2.39. The molecule has 0 bridgehead atoms. The quantitative estimate of drug-likeness (QED) is 0.302. The van der Waals surface area contributed by atoms with E-state index >= 15 is 0 Å². The number of aryl methyl sites for hydroxylation is 1. The molecule has 26 heavy (non-hydrogen) atoms. The zero-order chi connectivity index (χ0) is 18.3. The summed E-state index contributed by atoms with van der Waals surface area (Å²) in [7, 11) is 5.98. The molecular formula is C19H34BrIN4O. The Kier molecular flexibility index (Phi) is 10.5. The van der Waals surface area contributed by atoms with Crippen LogP contribution in [0.25, 0.3) is 0 Å². The smallest absolute Gasteiger partial charge is 0.194 e. The molecule has 1 fully saturated rings. The van der Waals surface area contributed by atoms with Gasteiger partial charge in [-0.25, -0.2) is 0 Å². The Morgan fingerprint density at radius 2 is 2.12 bits per heavy atom. The van der Waals surface area contributed by atoms with E-state index in [9.17, 15) is 0 Å². The van der Waals surface area contributed by atoms with Crippen LogP contribution in [0.5, 0.6) is 0 Å². The number of rotatable bonds is 8. The number of hydrogen-bond donors (Lipinski definition) is 1. The van der Waals surface area contributed by atoms with Gasteiger partial charge in [-0.15, -0.1) is 24.0 Å². The maximum Gasteiger partial charge on any atom is 0.194 e. The van der Waals surface area contributed by atoms with Gasteiger partial charge in [-0.1, -0.05) is 12.8 Å². The van der Waals surface area contributed by atoms with Crippen LogP contribution in [0.15, 0.2) is 21.7 Å². The van der Waals surface area contributed by atoms with Crippen LogP contribution in [0.3, 0.4) is 0 Å². The number of ether oxygens (including phenoxy) is 1. The molecule has 0 unspecified atom stereocenters. The van der Waals surface area contributed by atoms with Gasteiger partial charge in [0.05, 0.1) is 6.54 Å². The van der Waals surface area contributed by atoms with Crippen molar-refractivity contribution in [2.24, 2.45) is 17.5 Å². The van der Waals surface area contributed by atoms with Gasteiger partial charge in [0, 0.05) is 57.3 Å². The molecule has 0 radical (unpaired) electrons. The van der Waals surface area contributed by atoms with E-state index in [0.29, 0.717) is 5.41 Å². The molecule has 2 rings (SSSR count). The fourth-order valence-electron chi connectivity index (χ4n) is 3.68. The average Bonchev–Trinajstić information content (AvgIpc) is 3.16. The number of guanidine groups is 1. The zero-order valence-electron chi connectivity index (χ0n) is 16.6. The van der Waals surface area contributed by atoms with Gasteiger partial charge >= 0.3 is 0 Å². The topological polar surface area (TPSA) is 41.8 Å². The molecule has 1 aliphatic rings. The monoisotopic (exact) mass is 540 g/mol. The second-order valence-electron chi connectivity index (χ2n) is 7.24. The van der Waals surface area contributed by atoms with E-state index < -0.39 is 0 Å². The number of aliphatic imine (C=N–C) groups is 1. The fourth-order valence-corrected chi connectivity index (χ4v) is 4.26. The predicted octanol–water partition coefficient (Wildman–Crippen LogP) is 4.40. The molecule has 0 aromatic carbocycles. The van der Waals surface area contributed by atoms with Crippen LogP contribution >= 0.6 is 39.9 Å². The summed E-state index contributed by atoms with van der Waals surface area (Å²) in [6.07, 6.45) is 8.39. The summed E-state index contributed by atoms with van der Waals surface area (Å²) < 4.78 is 8.61. The summed E-state index contributed by atoms with van der Waals surface area (Å²) in [6.45, 7) is 5.56. The lowest BCUT2D eigenvalue weighted by atomic mass is 9.83. The van der Waals surface area contributed by atoms with Crippen molar-refractivity contribution >= 4 is 45.9 Å². The molecule has 150 valence electrons. The maximum absolute atomic E-state index is 5.34. The largest absolute Gasteiger partial charge is 0.385 e. The van der Waals surface area contributed by atoms with Crippen LogP contribution in [0.4, 0.5) is 0 Å². The highest BCUT2D eigenvalue weighted by Gasteiger charge is 2.33. The van der Waals surface area contributed by atoms with Gasteiger partial charge in [0.2, 0.25) is 0 Å². The van der Waals surface area contributed by atoms with Gasteiger partial charge in [-0.05, 0) is 53.6 Å². The molecular weight excluding hydrogens is 507 g/mol. The molecule has 1 saturated carbocycles. The van der Waals surface area contributed by atoms with E-state index in [1.807, 2.05) is 0 Å². The Morgan fingerprint density at radius 3 is 2.65 bits per heavy atom. The Morgan fingerprint density at radius 1 is 1.42 bits per heavy atom. The summed E-state index contributed by atoms with van der Waals surface area (Å²) in [5.41, 5.74) is 1.58. The van der Waals surface area contributed by atoms with Crippen LogP contribution in [0, 0.1) is 5.41 Å². The Labute approximate surface area is 184 Å². The van der Waals surface area contributed by atoms with Gasteiger partial charge in [-0.3, -0.25) is 4.99 Å². The van der Waals surface area contributed by atoms with Crippen molar-refractivity contribution in [3.05, 3.63) is 22.4 Å². The molecule has 0 aliphatic heterocycles. The summed E-state index contributed by atoms with van der Waals surface area (Å²) in [6, 6.07) is 2.16. The summed E-state index contributed by atoms with van der Waals surface area (Å²) in [4.78, 5) is 7.22. The van der Waals surface area contributed by atoms with Crippen molar-refractivity contribution in [3.8, 4) is 0 Å². The van der Waals surface area contributed by atoms with Gasteiger partial charge in [0.25, 0.3) is 0 Å². The van der Waals surface area contributed by atoms with Gasteiger partial charge < -0.3 is 19.5 Å². The van der Waals surface area contributed by atoms with Crippen LogP contribution in [-0.4, -0.2) is 49.3 Å². The first-order valence-corrected chi connectivity index (χ1v) is 10.1. The van der Waals surface area contributed by atoms with Crippen molar-refractivity contribution < 1.29 is 4.74 Å². The molecule has 1 N–H and O–H groups in total. The van der Waals surface area contributed by atoms with Crippen LogP contribution in [0.1, 0.15) is 44.7 Å². The van der Waals surface area contributed by atoms with E-state index in [4.69, 9.17) is 9.73 Å². The third-order valence-corrected chi connectivity index (χ3v) is 5.67. The van der Waals surface area contributed by atoms with Gasteiger partial charge in [-0.2, -0.15) is 0 Å². The van der Waals surface area contributed by atoms with Crippen LogP contribution in [-0.2, 0) is 18.3 Å². The van der Waals surface area contributed by atoms with E-state index in [1.165, 1.54) is 31.4 Å². The van der Waals surface area contributed by atoms with Crippen LogP contribution < -0.4 is 5.32 Å². The molecule has 1 heterocycles. The molecule has 1 aliphatic carbocycles. The molecule has 1 aromatic rings. The highest BCUT2D eigenvalue weighted by atomic mass is 127. The standard InChI is InChI=1S/C19H33BrN4O.HI/c1-5-21-18(24(3)14-17-12-16(20)13-23(17)2)22-15-19(10-11-25-4)8-6-7-9-19;/h12-13H,5-11,14-15H2,1-4H3,(H,21,22);1H. The lowest BCUT2D eigenvalue weighted by molar-refractivity contribution is 0.141. The third kappa shape index (κ3) is 6.71. The maximum atomic E-state index is 5.34. The fraction of sp³-hybridized carbons (Fsp3) is 0.737. The minimum Gasteiger partial charge on any atom is -0.385 e. The number of hydrogen-bond acceptors (Lipinski definition) is 2. The second kappa shape index (κ2) is 11.5. The van der Waals surface area contributed by atoms with E-state index in [0.717, 1.165) is 43.1 Å². The molecule has 5 nitrogen and oxygen atoms in total. The Hall–Kier alpha value is -0.280. The summed E-state index contributed by atoms with van der Waals surface area (Å²) in [5, 5.41) is 3.45. The number of nitrogens with zero attached hydrogens (tertiary/aromatic N) is 3. The SMILES string of the molecule is CCNC(=NCC1(CCOC)CCCC1)N(C)Cc1cc(Br)cn1C.I. The molecule has 1 aromatic heterocycles. The van der Waals surface area contributed by atoms with Crippen molar-refractivity contribution in [3.63, 3.8) is 0 Å². The van der Waals surface area contributed by atoms with E-state index in [1.54, 1.807) is 7.11 Å². The summed E-state index contributed by atoms with van der Waals surface area (Å²) in [5.74, 6) is 0.989.